The van der Waals surface area contributed by atoms with Crippen molar-refractivity contribution >= 4 is 160 Å². The molecule has 0 N–H and O–H groups in total. The van der Waals surface area contributed by atoms with Crippen LogP contribution < -0.4 is 14.7 Å². The fourth-order valence-corrected chi connectivity index (χ4v) is 22.0. The molecule has 0 fully saturated rings. The predicted octanol–water partition coefficient (Wildman–Crippen LogP) is 39.4. The molecule has 0 saturated carbocycles. The fraction of sp³-hybridized carbons (Fsp3) is 0. The lowest BCUT2D eigenvalue weighted by atomic mass is 10.0. The molecule has 0 atom stereocenters. The smallest absolute Gasteiger partial charge is 0.0782 e. The molecule has 6 nitrogen and oxygen atoms in total. The van der Waals surface area contributed by atoms with Crippen molar-refractivity contribution in [1.82, 2.24) is 13.7 Å². The Balaban J connectivity index is 0.000000112. The average molecular weight is 1890 g/mol. The molecule has 0 spiro atoms. The number of rotatable bonds is 18. The van der Waals surface area contributed by atoms with Crippen molar-refractivity contribution in [3.8, 4) is 83.8 Å². The summed E-state index contributed by atoms with van der Waals surface area (Å²) in [4.78, 5) is 7.16. The molecule has 0 unspecified atom stereocenters. The molecule has 0 aliphatic heterocycles. The number of para-hydroxylation sites is 4. The Morgan fingerprint density at radius 1 is 0.122 bits per heavy atom. The summed E-state index contributed by atoms with van der Waals surface area (Å²) in [6.45, 7) is 0. The summed E-state index contributed by atoms with van der Waals surface area (Å²) in [6, 6.07) is 214. The minimum atomic E-state index is 1.10. The van der Waals surface area contributed by atoms with Crippen LogP contribution in [0.1, 0.15) is 0 Å². The van der Waals surface area contributed by atoms with Crippen LogP contribution in [0.5, 0.6) is 0 Å². The van der Waals surface area contributed by atoms with E-state index in [-0.39, 0.29) is 0 Å². The third-order valence-corrected chi connectivity index (χ3v) is 29.1. The van der Waals surface area contributed by atoms with Crippen LogP contribution in [-0.2, 0) is 0 Å². The molecule has 25 aromatic carbocycles. The summed E-state index contributed by atoms with van der Waals surface area (Å²) in [6.07, 6.45) is 0. The average Bonchev–Trinajstić information content (AvgIpc) is 1.21. The van der Waals surface area contributed by atoms with E-state index in [9.17, 15) is 0 Å². The molecular formula is C142H98N6. The molecule has 148 heavy (non-hydrogen) atoms. The van der Waals surface area contributed by atoms with Gasteiger partial charge in [0.1, 0.15) is 0 Å². The zero-order valence-corrected chi connectivity index (χ0v) is 81.3. The minimum absolute atomic E-state index is 1.10. The maximum absolute atomic E-state index is 2.44. The van der Waals surface area contributed by atoms with Crippen LogP contribution in [0.15, 0.2) is 595 Å². The zero-order valence-electron chi connectivity index (χ0n) is 81.3. The molecule has 696 valence electrons. The minimum Gasteiger partial charge on any atom is -0.310 e. The van der Waals surface area contributed by atoms with Gasteiger partial charge in [-0.3, -0.25) is 0 Å². The Hall–Kier alpha value is -19.7. The molecule has 0 bridgehead atoms. The van der Waals surface area contributed by atoms with Gasteiger partial charge in [-0.15, -0.1) is 0 Å². The van der Waals surface area contributed by atoms with Crippen molar-refractivity contribution in [1.29, 1.82) is 0 Å². The molecule has 3 aromatic heterocycles. The van der Waals surface area contributed by atoms with Gasteiger partial charge in [0.2, 0.25) is 0 Å². The van der Waals surface area contributed by atoms with Crippen LogP contribution in [0.4, 0.5) is 51.2 Å². The number of hydrogen-bond acceptors (Lipinski definition) is 3. The van der Waals surface area contributed by atoms with Crippen molar-refractivity contribution in [2.75, 3.05) is 14.7 Å². The third-order valence-electron chi connectivity index (χ3n) is 29.1. The van der Waals surface area contributed by atoms with Gasteiger partial charge in [-0.1, -0.05) is 431 Å². The molecule has 28 aromatic rings. The van der Waals surface area contributed by atoms with Crippen LogP contribution in [0.25, 0.3) is 192 Å². The van der Waals surface area contributed by atoms with E-state index in [2.05, 4.69) is 623 Å². The number of fused-ring (bicyclic) bond motifs is 16. The Kier molecular flexibility index (Phi) is 23.3. The number of anilines is 9. The van der Waals surface area contributed by atoms with E-state index in [0.29, 0.717) is 0 Å². The summed E-state index contributed by atoms with van der Waals surface area (Å²) in [7, 11) is 0. The highest BCUT2D eigenvalue weighted by atomic mass is 15.2. The molecule has 0 amide bonds. The Bertz CT molecular complexity index is 9520. The van der Waals surface area contributed by atoms with E-state index in [0.717, 1.165) is 68.2 Å². The van der Waals surface area contributed by atoms with Gasteiger partial charge in [0, 0.05) is 94.9 Å². The molecule has 0 radical (unpaired) electrons. The standard InChI is InChI=1S/C50H34N2.2C46H32N2/c1-3-11-35(12-4-1)37-21-26-43(27-22-37)51(44-28-23-38(24-29-44)41-20-19-36-13-7-8-15-40(36)33-41)45-30-31-47-49(34-45)52(42-16-5-2-6-17-42)48-32-25-39-14-9-10-18-46(39)50(47)48;1-4-13-33(14-5-1)35-23-28-39(29-24-35)47(40-30-25-36(26-31-40)34-15-6-2-7-16-34)44-22-12-21-42-45-41-20-11-10-17-37(41)27-32-43(45)48(46(42)44)38-18-8-3-9-19-38;1-4-12-33(13-5-1)35-20-25-39(26-21-35)47(40-27-22-36(23-28-40)34-14-6-2-7-15-34)41-29-30-43-45(32-41)48(38-17-8-3-9-18-38)44-31-24-37-16-10-11-19-42(37)46(43)44/h1-34H;2*1-32H. The van der Waals surface area contributed by atoms with Gasteiger partial charge < -0.3 is 28.4 Å². The van der Waals surface area contributed by atoms with E-state index in [1.165, 1.54) is 175 Å². The Morgan fingerprint density at radius 2 is 0.358 bits per heavy atom. The monoisotopic (exact) mass is 1890 g/mol. The highest BCUT2D eigenvalue weighted by Crippen LogP contribution is 2.50. The lowest BCUT2D eigenvalue weighted by Gasteiger charge is -2.27. The first kappa shape index (κ1) is 88.5. The first-order valence-corrected chi connectivity index (χ1v) is 50.7. The fourth-order valence-electron chi connectivity index (χ4n) is 22.0. The van der Waals surface area contributed by atoms with Crippen molar-refractivity contribution in [2.24, 2.45) is 0 Å². The van der Waals surface area contributed by atoms with Gasteiger partial charge >= 0.3 is 0 Å². The summed E-state index contributed by atoms with van der Waals surface area (Å²) < 4.78 is 7.27. The Labute approximate surface area is 860 Å². The van der Waals surface area contributed by atoms with Crippen molar-refractivity contribution in [3.63, 3.8) is 0 Å². The second-order valence-electron chi connectivity index (χ2n) is 37.8. The number of aromatic nitrogens is 3. The van der Waals surface area contributed by atoms with E-state index < -0.39 is 0 Å². The van der Waals surface area contributed by atoms with E-state index in [4.69, 9.17) is 0 Å². The molecule has 0 aliphatic carbocycles. The number of hydrogen-bond donors (Lipinski definition) is 0. The van der Waals surface area contributed by atoms with Gasteiger partial charge in [0.25, 0.3) is 0 Å². The maximum Gasteiger partial charge on any atom is 0.0782 e. The Morgan fingerprint density at radius 3 is 0.696 bits per heavy atom. The quantitative estimate of drug-likeness (QED) is 0.0856. The lowest BCUT2D eigenvalue weighted by Crippen LogP contribution is -2.11. The van der Waals surface area contributed by atoms with Crippen LogP contribution in [0.3, 0.4) is 0 Å². The highest BCUT2D eigenvalue weighted by Gasteiger charge is 2.27. The van der Waals surface area contributed by atoms with Gasteiger partial charge in [-0.05, 0) is 274 Å². The molecule has 0 aliphatic rings. The van der Waals surface area contributed by atoms with Gasteiger partial charge in [-0.2, -0.15) is 0 Å². The van der Waals surface area contributed by atoms with Crippen molar-refractivity contribution in [2.45, 2.75) is 0 Å². The topological polar surface area (TPSA) is 24.5 Å². The lowest BCUT2D eigenvalue weighted by molar-refractivity contribution is 1.17. The largest absolute Gasteiger partial charge is 0.310 e. The molecular weight excluding hydrogens is 1790 g/mol. The van der Waals surface area contributed by atoms with Gasteiger partial charge in [-0.25, -0.2) is 0 Å². The van der Waals surface area contributed by atoms with Crippen molar-refractivity contribution in [3.05, 3.63) is 595 Å². The SMILES string of the molecule is c1ccc(-c2ccc(N(c3ccc(-c4ccc5ccccc5c4)cc3)c3ccc4c5c6ccccc6ccc5n(-c5ccccc5)c4c3)cc2)cc1.c1ccc(-c2ccc(N(c3ccc(-c4ccccc4)cc3)c3ccc4c5c6ccccc6ccc5n(-c5ccccc5)c4c3)cc2)cc1.c1ccc(-c2ccc(N(c3ccc(-c4ccccc4)cc3)c3cccc4c5c6ccccc6ccc5n(-c5ccccc5)c34)cc2)cc1. The van der Waals surface area contributed by atoms with Gasteiger partial charge in [0.05, 0.1) is 38.8 Å². The summed E-state index contributed by atoms with van der Waals surface area (Å²) in [5, 5.41) is 17.6. The van der Waals surface area contributed by atoms with Crippen LogP contribution in [-0.4, -0.2) is 13.7 Å². The highest BCUT2D eigenvalue weighted by molar-refractivity contribution is 6.26. The van der Waals surface area contributed by atoms with Crippen molar-refractivity contribution < 1.29 is 0 Å². The van der Waals surface area contributed by atoms with E-state index >= 15 is 0 Å². The summed E-state index contributed by atoms with van der Waals surface area (Å²) in [5.74, 6) is 0. The maximum atomic E-state index is 2.44. The molecule has 6 heteroatoms. The first-order valence-electron chi connectivity index (χ1n) is 50.7. The number of nitrogens with zero attached hydrogens (tertiary/aromatic N) is 6. The second-order valence-corrected chi connectivity index (χ2v) is 37.8. The number of benzene rings is 25. The van der Waals surface area contributed by atoms with Crippen LogP contribution >= 0.6 is 0 Å². The molecule has 28 rings (SSSR count). The normalized spacial score (nSPS) is 11.4. The third kappa shape index (κ3) is 16.7. The van der Waals surface area contributed by atoms with E-state index in [1.807, 2.05) is 0 Å². The second kappa shape index (κ2) is 39.0. The van der Waals surface area contributed by atoms with Crippen LogP contribution in [0, 0.1) is 0 Å². The van der Waals surface area contributed by atoms with Gasteiger partial charge in [0.15, 0.2) is 0 Å². The molecule has 0 saturated heterocycles. The van der Waals surface area contributed by atoms with Crippen LogP contribution in [0.2, 0.25) is 0 Å². The summed E-state index contributed by atoms with van der Waals surface area (Å²) in [5.41, 5.74) is 35.0. The van der Waals surface area contributed by atoms with E-state index in [1.54, 1.807) is 0 Å². The zero-order chi connectivity index (χ0) is 98.2. The first-order chi connectivity index (χ1) is 73.4. The predicted molar refractivity (Wildman–Crippen MR) is 629 cm³/mol. The molecule has 3 heterocycles. The summed E-state index contributed by atoms with van der Waals surface area (Å²) >= 11 is 0.